The third kappa shape index (κ3) is 5.61. The minimum Gasteiger partial charge on any atom is -0.355 e. The van der Waals surface area contributed by atoms with Gasteiger partial charge in [0.15, 0.2) is 0 Å². The number of amides is 3. The highest BCUT2D eigenvalue weighted by Gasteiger charge is 2.06. The van der Waals surface area contributed by atoms with E-state index in [2.05, 4.69) is 16.0 Å². The first-order valence-electron chi connectivity index (χ1n) is 6.10. The number of rotatable bonds is 5. The van der Waals surface area contributed by atoms with Crippen molar-refractivity contribution in [2.24, 2.45) is 0 Å². The molecular weight excluding hydrogens is 266 g/mol. The van der Waals surface area contributed by atoms with E-state index in [0.717, 1.165) is 12.0 Å². The molecule has 104 valence electrons. The molecule has 0 atom stereocenters. The van der Waals surface area contributed by atoms with Gasteiger partial charge in [-0.2, -0.15) is 0 Å². The van der Waals surface area contributed by atoms with Gasteiger partial charge < -0.3 is 16.0 Å². The number of hydrogen-bond acceptors (Lipinski definition) is 2. The highest BCUT2D eigenvalue weighted by atomic mass is 35.5. The first-order chi connectivity index (χ1) is 9.02. The summed E-state index contributed by atoms with van der Waals surface area (Å²) in [5.74, 6) is -0.204. The molecule has 1 aromatic carbocycles. The lowest BCUT2D eigenvalue weighted by atomic mass is 10.2. The van der Waals surface area contributed by atoms with Crippen LogP contribution in [0.3, 0.4) is 0 Å². The average molecular weight is 284 g/mol. The van der Waals surface area contributed by atoms with Crippen LogP contribution in [0.25, 0.3) is 0 Å². The van der Waals surface area contributed by atoms with Gasteiger partial charge in [0.25, 0.3) is 0 Å². The zero-order valence-electron chi connectivity index (χ0n) is 11.0. The van der Waals surface area contributed by atoms with E-state index >= 15 is 0 Å². The van der Waals surface area contributed by atoms with E-state index in [0.29, 0.717) is 17.3 Å². The van der Waals surface area contributed by atoms with Crippen molar-refractivity contribution in [3.63, 3.8) is 0 Å². The number of benzene rings is 1. The van der Waals surface area contributed by atoms with E-state index in [4.69, 9.17) is 11.6 Å². The molecule has 0 fully saturated rings. The number of halogens is 1. The van der Waals surface area contributed by atoms with Gasteiger partial charge in [-0.25, -0.2) is 4.79 Å². The highest BCUT2D eigenvalue weighted by molar-refractivity contribution is 6.30. The number of nitrogens with one attached hydrogen (secondary N) is 3. The molecule has 0 aliphatic carbocycles. The maximum absolute atomic E-state index is 11.6. The van der Waals surface area contributed by atoms with Crippen LogP contribution in [-0.4, -0.2) is 25.0 Å². The second-order valence-electron chi connectivity index (χ2n) is 4.12. The molecule has 1 rings (SSSR count). The minimum absolute atomic E-state index is 0.0432. The van der Waals surface area contributed by atoms with Crippen LogP contribution in [0.15, 0.2) is 18.2 Å². The van der Waals surface area contributed by atoms with E-state index in [1.54, 1.807) is 18.2 Å². The molecule has 6 heteroatoms. The van der Waals surface area contributed by atoms with Crippen LogP contribution in [0.2, 0.25) is 5.02 Å². The molecule has 5 nitrogen and oxygen atoms in total. The van der Waals surface area contributed by atoms with Crippen LogP contribution in [-0.2, 0) is 4.79 Å². The van der Waals surface area contributed by atoms with E-state index < -0.39 is 6.03 Å². The third-order valence-electron chi connectivity index (χ3n) is 2.42. The fourth-order valence-corrected chi connectivity index (χ4v) is 1.65. The molecular formula is C13H18ClN3O2. The Morgan fingerprint density at radius 2 is 2.00 bits per heavy atom. The SMILES string of the molecule is CCCNC(=O)CNC(=O)Nc1ccc(Cl)cc1C. The maximum Gasteiger partial charge on any atom is 0.319 e. The van der Waals surface area contributed by atoms with Crippen molar-refractivity contribution in [1.82, 2.24) is 10.6 Å². The molecule has 0 aliphatic heterocycles. The first-order valence-corrected chi connectivity index (χ1v) is 6.48. The Hall–Kier alpha value is -1.75. The first kappa shape index (κ1) is 15.3. The van der Waals surface area contributed by atoms with Gasteiger partial charge in [0.05, 0.1) is 6.54 Å². The Morgan fingerprint density at radius 1 is 1.26 bits per heavy atom. The van der Waals surface area contributed by atoms with Crippen molar-refractivity contribution in [2.45, 2.75) is 20.3 Å². The molecule has 0 unspecified atom stereocenters. The van der Waals surface area contributed by atoms with Crippen LogP contribution in [0, 0.1) is 6.92 Å². The van der Waals surface area contributed by atoms with Gasteiger partial charge >= 0.3 is 6.03 Å². The summed E-state index contributed by atoms with van der Waals surface area (Å²) in [6, 6.07) is 4.74. The number of urea groups is 1. The predicted molar refractivity (Wildman–Crippen MR) is 76.5 cm³/mol. The molecule has 0 saturated carbocycles. The molecule has 0 saturated heterocycles. The zero-order chi connectivity index (χ0) is 14.3. The Labute approximate surface area is 117 Å². The summed E-state index contributed by atoms with van der Waals surface area (Å²) in [7, 11) is 0. The quantitative estimate of drug-likeness (QED) is 0.776. The fraction of sp³-hybridized carbons (Fsp3) is 0.385. The molecule has 3 amide bonds. The van der Waals surface area contributed by atoms with Crippen molar-refractivity contribution < 1.29 is 9.59 Å². The molecule has 0 aliphatic rings. The van der Waals surface area contributed by atoms with E-state index in [9.17, 15) is 9.59 Å². The molecule has 0 spiro atoms. The normalized spacial score (nSPS) is 9.84. The molecule has 0 bridgehead atoms. The maximum atomic E-state index is 11.6. The number of anilines is 1. The fourth-order valence-electron chi connectivity index (χ4n) is 1.42. The molecule has 0 heterocycles. The summed E-state index contributed by atoms with van der Waals surface area (Å²) in [5, 5.41) is 8.43. The minimum atomic E-state index is -0.419. The number of aryl methyl sites for hydroxylation is 1. The summed E-state index contributed by atoms with van der Waals surface area (Å²) < 4.78 is 0. The van der Waals surface area contributed by atoms with Gasteiger partial charge in [-0.3, -0.25) is 4.79 Å². The van der Waals surface area contributed by atoms with E-state index in [1.165, 1.54) is 0 Å². The van der Waals surface area contributed by atoms with Crippen molar-refractivity contribution in [2.75, 3.05) is 18.4 Å². The van der Waals surface area contributed by atoms with Gasteiger partial charge in [0.2, 0.25) is 5.91 Å². The van der Waals surface area contributed by atoms with E-state index in [-0.39, 0.29) is 12.5 Å². The Kier molecular flexibility index (Phi) is 6.15. The monoisotopic (exact) mass is 283 g/mol. The average Bonchev–Trinajstić information content (AvgIpc) is 2.37. The highest BCUT2D eigenvalue weighted by Crippen LogP contribution is 2.19. The number of hydrogen-bond donors (Lipinski definition) is 3. The summed E-state index contributed by atoms with van der Waals surface area (Å²) in [5.41, 5.74) is 1.52. The van der Waals surface area contributed by atoms with Crippen molar-refractivity contribution in [1.29, 1.82) is 0 Å². The van der Waals surface area contributed by atoms with E-state index in [1.807, 2.05) is 13.8 Å². The summed E-state index contributed by atoms with van der Waals surface area (Å²) in [4.78, 5) is 22.9. The lowest BCUT2D eigenvalue weighted by Gasteiger charge is -2.10. The Morgan fingerprint density at radius 3 is 2.63 bits per heavy atom. The van der Waals surface area contributed by atoms with Crippen LogP contribution in [0.5, 0.6) is 0 Å². The zero-order valence-corrected chi connectivity index (χ0v) is 11.8. The van der Waals surface area contributed by atoms with Crippen LogP contribution >= 0.6 is 11.6 Å². The second kappa shape index (κ2) is 7.63. The third-order valence-corrected chi connectivity index (χ3v) is 2.65. The topological polar surface area (TPSA) is 70.2 Å². The lowest BCUT2D eigenvalue weighted by Crippen LogP contribution is -2.39. The standard InChI is InChI=1S/C13H18ClN3O2/c1-3-6-15-12(18)8-16-13(19)17-11-5-4-10(14)7-9(11)2/h4-5,7H,3,6,8H2,1-2H3,(H,15,18)(H2,16,17,19). The molecule has 0 radical (unpaired) electrons. The van der Waals surface area contributed by atoms with Crippen molar-refractivity contribution >= 4 is 29.2 Å². The number of carbonyl (C=O) groups excluding carboxylic acids is 2. The van der Waals surface area contributed by atoms with Gasteiger partial charge in [-0.15, -0.1) is 0 Å². The molecule has 3 N–H and O–H groups in total. The van der Waals surface area contributed by atoms with Gasteiger partial charge in [0.1, 0.15) is 0 Å². The summed E-state index contributed by atoms with van der Waals surface area (Å²) >= 11 is 5.82. The van der Waals surface area contributed by atoms with Gasteiger partial charge in [0, 0.05) is 17.3 Å². The predicted octanol–water partition coefficient (Wildman–Crippen LogP) is 2.30. The van der Waals surface area contributed by atoms with Crippen molar-refractivity contribution in [3.8, 4) is 0 Å². The summed E-state index contributed by atoms with van der Waals surface area (Å²) in [6.45, 7) is 4.37. The molecule has 0 aromatic heterocycles. The Balaban J connectivity index is 2.41. The lowest BCUT2D eigenvalue weighted by molar-refractivity contribution is -0.120. The smallest absolute Gasteiger partial charge is 0.319 e. The van der Waals surface area contributed by atoms with Crippen LogP contribution in [0.1, 0.15) is 18.9 Å². The molecule has 1 aromatic rings. The van der Waals surface area contributed by atoms with Gasteiger partial charge in [-0.05, 0) is 37.1 Å². The second-order valence-corrected chi connectivity index (χ2v) is 4.55. The van der Waals surface area contributed by atoms with Gasteiger partial charge in [-0.1, -0.05) is 18.5 Å². The van der Waals surface area contributed by atoms with Crippen LogP contribution < -0.4 is 16.0 Å². The largest absolute Gasteiger partial charge is 0.355 e. The molecule has 19 heavy (non-hydrogen) atoms. The Bertz CT molecular complexity index is 463. The van der Waals surface area contributed by atoms with Crippen molar-refractivity contribution in [3.05, 3.63) is 28.8 Å². The van der Waals surface area contributed by atoms with Crippen LogP contribution in [0.4, 0.5) is 10.5 Å². The number of carbonyl (C=O) groups is 2. The summed E-state index contributed by atoms with van der Waals surface area (Å²) in [6.07, 6.45) is 0.863.